The highest BCUT2D eigenvalue weighted by molar-refractivity contribution is 7.88. The number of hydrogen-bond acceptors (Lipinski definition) is 4. The topological polar surface area (TPSA) is 77.9 Å². The van der Waals surface area contributed by atoms with Crippen molar-refractivity contribution >= 4 is 33.2 Å². The maximum Gasteiger partial charge on any atom is 0.230 e. The van der Waals surface area contributed by atoms with E-state index >= 15 is 0 Å². The van der Waals surface area contributed by atoms with Crippen molar-refractivity contribution in [2.24, 2.45) is 5.92 Å². The van der Waals surface area contributed by atoms with Crippen LogP contribution in [0.4, 0.5) is 5.69 Å². The van der Waals surface area contributed by atoms with E-state index < -0.39 is 16.1 Å². The Labute approximate surface area is 147 Å². The van der Waals surface area contributed by atoms with Gasteiger partial charge in [-0.15, -0.1) is 0 Å². The Bertz CT molecular complexity index is 744. The van der Waals surface area contributed by atoms with Crippen LogP contribution in [-0.4, -0.2) is 49.6 Å². The predicted octanol–water partition coefficient (Wildman–Crippen LogP) is 1.78. The summed E-state index contributed by atoms with van der Waals surface area (Å²) in [6, 6.07) is 5.18. The fourth-order valence-electron chi connectivity index (χ4n) is 3.45. The van der Waals surface area contributed by atoms with Crippen molar-refractivity contribution in [1.82, 2.24) is 4.31 Å². The van der Waals surface area contributed by atoms with Crippen LogP contribution in [0.25, 0.3) is 0 Å². The van der Waals surface area contributed by atoms with Gasteiger partial charge in [0, 0.05) is 41.8 Å². The molecule has 24 heavy (non-hydrogen) atoms. The maximum absolute atomic E-state index is 12.9. The molecule has 1 saturated heterocycles. The molecule has 6 nitrogen and oxygen atoms in total. The van der Waals surface area contributed by atoms with Crippen LogP contribution in [0.2, 0.25) is 5.02 Å². The van der Waals surface area contributed by atoms with Crippen LogP contribution < -0.4 is 4.90 Å². The molecule has 1 unspecified atom stereocenters. The summed E-state index contributed by atoms with van der Waals surface area (Å²) in [6.45, 7) is 1.21. The van der Waals surface area contributed by atoms with E-state index in [2.05, 4.69) is 0 Å². The van der Waals surface area contributed by atoms with Gasteiger partial charge in [-0.1, -0.05) is 11.6 Å². The van der Waals surface area contributed by atoms with E-state index in [1.165, 1.54) is 10.6 Å². The fourth-order valence-corrected chi connectivity index (χ4v) is 4.50. The molecular formula is C16H21ClN2O4S. The Kier molecular flexibility index (Phi) is 4.88. The minimum Gasteiger partial charge on any atom is -0.388 e. The highest BCUT2D eigenvalue weighted by Gasteiger charge is 2.35. The number of aliphatic hydroxyl groups is 1. The number of aliphatic hydroxyl groups excluding tert-OH is 1. The van der Waals surface area contributed by atoms with Crippen LogP contribution in [0.1, 0.15) is 30.9 Å². The molecular weight excluding hydrogens is 352 g/mol. The van der Waals surface area contributed by atoms with Crippen LogP contribution in [0.3, 0.4) is 0 Å². The van der Waals surface area contributed by atoms with E-state index in [-0.39, 0.29) is 11.8 Å². The highest BCUT2D eigenvalue weighted by atomic mass is 35.5. The zero-order valence-corrected chi connectivity index (χ0v) is 15.1. The molecule has 1 amide bonds. The van der Waals surface area contributed by atoms with Crippen LogP contribution in [-0.2, 0) is 14.8 Å². The second-order valence-electron chi connectivity index (χ2n) is 6.43. The van der Waals surface area contributed by atoms with Crippen molar-refractivity contribution < 1.29 is 18.3 Å². The Balaban J connectivity index is 1.76. The Morgan fingerprint density at radius 1 is 1.21 bits per heavy atom. The van der Waals surface area contributed by atoms with E-state index in [1.807, 2.05) is 0 Å². The molecule has 1 N–H and O–H groups in total. The van der Waals surface area contributed by atoms with Crippen molar-refractivity contribution in [3.63, 3.8) is 0 Å². The van der Waals surface area contributed by atoms with Gasteiger partial charge < -0.3 is 10.0 Å². The molecule has 0 aromatic heterocycles. The quantitative estimate of drug-likeness (QED) is 0.858. The van der Waals surface area contributed by atoms with Crippen LogP contribution in [0, 0.1) is 5.92 Å². The summed E-state index contributed by atoms with van der Waals surface area (Å²) >= 11 is 6.00. The number of rotatable bonds is 2. The smallest absolute Gasteiger partial charge is 0.230 e. The lowest BCUT2D eigenvalue weighted by Gasteiger charge is -2.37. The Morgan fingerprint density at radius 3 is 2.50 bits per heavy atom. The molecule has 1 fully saturated rings. The number of benzene rings is 1. The van der Waals surface area contributed by atoms with Crippen molar-refractivity contribution in [3.05, 3.63) is 28.8 Å². The zero-order valence-electron chi connectivity index (χ0n) is 13.5. The van der Waals surface area contributed by atoms with Gasteiger partial charge in [-0.25, -0.2) is 12.7 Å². The summed E-state index contributed by atoms with van der Waals surface area (Å²) in [7, 11) is -3.20. The number of carbonyl (C=O) groups is 1. The first kappa shape index (κ1) is 17.7. The number of piperidine rings is 1. The highest BCUT2D eigenvalue weighted by Crippen LogP contribution is 2.37. The molecule has 8 heteroatoms. The second-order valence-corrected chi connectivity index (χ2v) is 8.85. The van der Waals surface area contributed by atoms with Crippen molar-refractivity contribution in [2.75, 3.05) is 30.8 Å². The molecule has 0 aliphatic carbocycles. The third-order valence-electron chi connectivity index (χ3n) is 4.80. The summed E-state index contributed by atoms with van der Waals surface area (Å²) in [6.07, 6.45) is 2.10. The number of carbonyl (C=O) groups excluding carboxylic acids is 1. The van der Waals surface area contributed by atoms with E-state index in [1.54, 1.807) is 23.1 Å². The van der Waals surface area contributed by atoms with Gasteiger partial charge >= 0.3 is 0 Å². The van der Waals surface area contributed by atoms with Gasteiger partial charge in [-0.05, 0) is 37.5 Å². The largest absolute Gasteiger partial charge is 0.388 e. The minimum absolute atomic E-state index is 0.00127. The molecule has 0 saturated carbocycles. The van der Waals surface area contributed by atoms with Gasteiger partial charge in [0.15, 0.2) is 0 Å². The van der Waals surface area contributed by atoms with Gasteiger partial charge in [0.25, 0.3) is 0 Å². The molecule has 0 bridgehead atoms. The average molecular weight is 373 g/mol. The SMILES string of the molecule is CS(=O)(=O)N1CCC(C(=O)N2CCC(O)c3cc(Cl)ccc32)CC1. The fraction of sp³-hybridized carbons (Fsp3) is 0.562. The second kappa shape index (κ2) is 6.63. The van der Waals surface area contributed by atoms with E-state index in [4.69, 9.17) is 11.6 Å². The lowest BCUT2D eigenvalue weighted by atomic mass is 9.93. The van der Waals surface area contributed by atoms with E-state index in [0.29, 0.717) is 55.2 Å². The Hall–Kier alpha value is -1.15. The van der Waals surface area contributed by atoms with Crippen LogP contribution in [0.15, 0.2) is 18.2 Å². The first-order chi connectivity index (χ1) is 11.3. The number of fused-ring (bicyclic) bond motifs is 1. The number of amides is 1. The van der Waals surface area contributed by atoms with Gasteiger partial charge in [0.05, 0.1) is 12.4 Å². The first-order valence-corrected chi connectivity index (χ1v) is 10.2. The molecule has 1 aromatic rings. The molecule has 132 valence electrons. The molecule has 0 spiro atoms. The van der Waals surface area contributed by atoms with E-state index in [0.717, 1.165) is 0 Å². The summed E-state index contributed by atoms with van der Waals surface area (Å²) in [5, 5.41) is 10.7. The summed E-state index contributed by atoms with van der Waals surface area (Å²) in [4.78, 5) is 14.6. The van der Waals surface area contributed by atoms with Crippen LogP contribution in [0.5, 0.6) is 0 Å². The third kappa shape index (κ3) is 3.44. The van der Waals surface area contributed by atoms with Crippen molar-refractivity contribution in [2.45, 2.75) is 25.4 Å². The van der Waals surface area contributed by atoms with Crippen LogP contribution >= 0.6 is 11.6 Å². The molecule has 2 aliphatic heterocycles. The third-order valence-corrected chi connectivity index (χ3v) is 6.34. The maximum atomic E-state index is 12.9. The predicted molar refractivity (Wildman–Crippen MR) is 92.5 cm³/mol. The van der Waals surface area contributed by atoms with E-state index in [9.17, 15) is 18.3 Å². The normalized spacial score (nSPS) is 23.1. The van der Waals surface area contributed by atoms with Gasteiger partial charge in [-0.3, -0.25) is 4.79 Å². The molecule has 2 heterocycles. The number of hydrogen-bond donors (Lipinski definition) is 1. The molecule has 3 rings (SSSR count). The van der Waals surface area contributed by atoms with Gasteiger partial charge in [-0.2, -0.15) is 0 Å². The summed E-state index contributed by atoms with van der Waals surface area (Å²) < 4.78 is 24.6. The molecule has 2 aliphatic rings. The standard InChI is InChI=1S/C16H21ClN2O4S/c1-24(22,23)18-7-4-11(5-8-18)16(21)19-9-6-15(20)13-10-12(17)2-3-14(13)19/h2-3,10-11,15,20H,4-9H2,1H3. The van der Waals surface area contributed by atoms with Crippen molar-refractivity contribution in [3.8, 4) is 0 Å². The van der Waals surface area contributed by atoms with Gasteiger partial charge in [0.1, 0.15) is 0 Å². The van der Waals surface area contributed by atoms with Crippen molar-refractivity contribution in [1.29, 1.82) is 0 Å². The molecule has 1 aromatic carbocycles. The average Bonchev–Trinajstić information content (AvgIpc) is 2.54. The minimum atomic E-state index is -3.20. The zero-order chi connectivity index (χ0) is 17.5. The lowest BCUT2D eigenvalue weighted by Crippen LogP contribution is -2.45. The summed E-state index contributed by atoms with van der Waals surface area (Å²) in [5.74, 6) is -0.194. The number of sulfonamides is 1. The Morgan fingerprint density at radius 2 is 1.88 bits per heavy atom. The number of nitrogens with zero attached hydrogens (tertiary/aromatic N) is 2. The monoisotopic (exact) mass is 372 g/mol. The lowest BCUT2D eigenvalue weighted by molar-refractivity contribution is -0.123. The number of halogens is 1. The van der Waals surface area contributed by atoms with Gasteiger partial charge in [0.2, 0.25) is 15.9 Å². The first-order valence-electron chi connectivity index (χ1n) is 8.01. The molecule has 0 radical (unpaired) electrons. The number of anilines is 1. The molecule has 1 atom stereocenters. The summed E-state index contributed by atoms with van der Waals surface area (Å²) in [5.41, 5.74) is 1.38.